The van der Waals surface area contributed by atoms with Crippen LogP contribution >= 0.6 is 22.9 Å². The highest BCUT2D eigenvalue weighted by Crippen LogP contribution is 2.23. The van der Waals surface area contributed by atoms with Crippen molar-refractivity contribution in [1.82, 2.24) is 9.97 Å². The maximum atomic E-state index is 12.2. The third-order valence-electron chi connectivity index (χ3n) is 2.48. The van der Waals surface area contributed by atoms with Gasteiger partial charge in [-0.25, -0.2) is 9.97 Å². The fourth-order valence-corrected chi connectivity index (χ4v) is 2.64. The molecule has 3 rings (SSSR count). The lowest BCUT2D eigenvalue weighted by atomic mass is 10.2. The van der Waals surface area contributed by atoms with Gasteiger partial charge in [0.25, 0.3) is 0 Å². The molecule has 0 atom stereocenters. The van der Waals surface area contributed by atoms with Gasteiger partial charge in [0.05, 0.1) is 10.2 Å². The van der Waals surface area contributed by atoms with Crippen molar-refractivity contribution in [1.29, 1.82) is 0 Å². The molecule has 2 heterocycles. The number of benzene rings is 1. The first kappa shape index (κ1) is 11.3. The van der Waals surface area contributed by atoms with Crippen LogP contribution in [0, 0.1) is 0 Å². The van der Waals surface area contributed by atoms with Crippen LogP contribution in [0.2, 0.25) is 5.15 Å². The van der Waals surface area contributed by atoms with Gasteiger partial charge in [-0.05, 0) is 24.3 Å². The Balaban J connectivity index is 2.03. The first-order valence-electron chi connectivity index (χ1n) is 5.26. The summed E-state index contributed by atoms with van der Waals surface area (Å²) in [5, 5.41) is 0.844. The molecule has 0 aliphatic heterocycles. The Labute approximate surface area is 112 Å². The SMILES string of the molecule is O=C(c1ccc(Cl)nc1)c1nc2ccccc2s1. The fraction of sp³-hybridized carbons (Fsp3) is 0. The number of para-hydroxylation sites is 1. The van der Waals surface area contributed by atoms with E-state index in [0.29, 0.717) is 15.7 Å². The van der Waals surface area contributed by atoms with Crippen molar-refractivity contribution in [2.24, 2.45) is 0 Å². The van der Waals surface area contributed by atoms with Gasteiger partial charge < -0.3 is 0 Å². The fourth-order valence-electron chi connectivity index (χ4n) is 1.60. The number of nitrogens with zero attached hydrogens (tertiary/aromatic N) is 2. The molecule has 18 heavy (non-hydrogen) atoms. The van der Waals surface area contributed by atoms with Gasteiger partial charge in [-0.15, -0.1) is 11.3 Å². The van der Waals surface area contributed by atoms with Crippen molar-refractivity contribution < 1.29 is 4.79 Å². The third kappa shape index (κ3) is 2.00. The van der Waals surface area contributed by atoms with E-state index < -0.39 is 0 Å². The van der Waals surface area contributed by atoms with Crippen LogP contribution in [0.5, 0.6) is 0 Å². The minimum Gasteiger partial charge on any atom is -0.286 e. The van der Waals surface area contributed by atoms with Crippen molar-refractivity contribution in [3.8, 4) is 0 Å². The van der Waals surface area contributed by atoms with Crippen LogP contribution in [0.1, 0.15) is 15.4 Å². The molecule has 2 aromatic heterocycles. The summed E-state index contributed by atoms with van der Waals surface area (Å²) in [4.78, 5) is 20.4. The molecule has 0 saturated carbocycles. The lowest BCUT2D eigenvalue weighted by Crippen LogP contribution is -2.00. The van der Waals surface area contributed by atoms with Crippen molar-refractivity contribution >= 4 is 38.9 Å². The molecular formula is C13H7ClN2OS. The number of carbonyl (C=O) groups excluding carboxylic acids is 1. The van der Waals surface area contributed by atoms with Crippen LogP contribution < -0.4 is 0 Å². The van der Waals surface area contributed by atoms with Crippen molar-refractivity contribution in [3.05, 3.63) is 58.3 Å². The van der Waals surface area contributed by atoms with Crippen LogP contribution in [-0.2, 0) is 0 Å². The molecule has 0 spiro atoms. The monoisotopic (exact) mass is 274 g/mol. The van der Waals surface area contributed by atoms with Crippen LogP contribution in [-0.4, -0.2) is 15.8 Å². The number of fused-ring (bicyclic) bond motifs is 1. The molecule has 5 heteroatoms. The number of aromatic nitrogens is 2. The van der Waals surface area contributed by atoms with Crippen LogP contribution in [0.25, 0.3) is 10.2 Å². The number of thiazole rings is 1. The Bertz CT molecular complexity index is 688. The van der Waals surface area contributed by atoms with E-state index in [9.17, 15) is 4.79 Å². The Kier molecular flexibility index (Phi) is 2.81. The summed E-state index contributed by atoms with van der Waals surface area (Å²) in [5.41, 5.74) is 1.34. The molecule has 0 bridgehead atoms. The summed E-state index contributed by atoms with van der Waals surface area (Å²) in [6.45, 7) is 0. The van der Waals surface area contributed by atoms with Gasteiger partial charge in [-0.3, -0.25) is 4.79 Å². The number of carbonyl (C=O) groups is 1. The van der Waals surface area contributed by atoms with E-state index in [4.69, 9.17) is 11.6 Å². The maximum absolute atomic E-state index is 12.2. The molecule has 0 unspecified atom stereocenters. The Morgan fingerprint density at radius 1 is 1.17 bits per heavy atom. The second-order valence-corrected chi connectivity index (χ2v) is 5.10. The molecule has 0 aliphatic carbocycles. The number of hydrogen-bond donors (Lipinski definition) is 0. The largest absolute Gasteiger partial charge is 0.286 e. The molecule has 3 nitrogen and oxygen atoms in total. The summed E-state index contributed by atoms with van der Waals surface area (Å²) < 4.78 is 1.00. The van der Waals surface area contributed by atoms with Gasteiger partial charge >= 0.3 is 0 Å². The van der Waals surface area contributed by atoms with E-state index in [1.807, 2.05) is 24.3 Å². The molecule has 0 amide bonds. The quantitative estimate of drug-likeness (QED) is 0.530. The van der Waals surface area contributed by atoms with E-state index in [1.165, 1.54) is 17.5 Å². The predicted molar refractivity (Wildman–Crippen MR) is 72.3 cm³/mol. The standard InChI is InChI=1S/C13H7ClN2OS/c14-11-6-5-8(7-15-11)12(17)13-16-9-3-1-2-4-10(9)18-13/h1-7H. The molecule has 0 fully saturated rings. The molecule has 0 N–H and O–H groups in total. The van der Waals surface area contributed by atoms with Crippen molar-refractivity contribution in [2.75, 3.05) is 0 Å². The molecule has 3 aromatic rings. The summed E-state index contributed by atoms with van der Waals surface area (Å²) >= 11 is 7.07. The third-order valence-corrected chi connectivity index (χ3v) is 3.74. The zero-order valence-corrected chi connectivity index (χ0v) is 10.7. The highest BCUT2D eigenvalue weighted by molar-refractivity contribution is 7.20. The van der Waals surface area contributed by atoms with Gasteiger partial charge in [0.1, 0.15) is 5.15 Å². The zero-order chi connectivity index (χ0) is 12.5. The number of pyridine rings is 1. The molecule has 0 saturated heterocycles. The summed E-state index contributed by atoms with van der Waals surface area (Å²) in [5.74, 6) is -0.125. The number of rotatable bonds is 2. The lowest BCUT2D eigenvalue weighted by Gasteiger charge is -1.95. The summed E-state index contributed by atoms with van der Waals surface area (Å²) in [7, 11) is 0. The second-order valence-electron chi connectivity index (χ2n) is 3.69. The second kappa shape index (κ2) is 4.48. The normalized spacial score (nSPS) is 10.7. The Morgan fingerprint density at radius 3 is 2.72 bits per heavy atom. The molecular weight excluding hydrogens is 268 g/mol. The van der Waals surface area contributed by atoms with Gasteiger partial charge in [-0.1, -0.05) is 23.7 Å². The van der Waals surface area contributed by atoms with Crippen molar-refractivity contribution in [2.45, 2.75) is 0 Å². The van der Waals surface area contributed by atoms with E-state index in [2.05, 4.69) is 9.97 Å². The highest BCUT2D eigenvalue weighted by Gasteiger charge is 2.14. The van der Waals surface area contributed by atoms with E-state index in [0.717, 1.165) is 10.2 Å². The first-order valence-corrected chi connectivity index (χ1v) is 6.45. The van der Waals surface area contributed by atoms with E-state index in [-0.39, 0.29) is 5.78 Å². The summed E-state index contributed by atoms with van der Waals surface area (Å²) in [6.07, 6.45) is 1.47. The van der Waals surface area contributed by atoms with Gasteiger partial charge in [0.15, 0.2) is 5.01 Å². The lowest BCUT2D eigenvalue weighted by molar-refractivity contribution is 0.103. The zero-order valence-electron chi connectivity index (χ0n) is 9.13. The predicted octanol–water partition coefficient (Wildman–Crippen LogP) is 3.58. The number of ketones is 1. The van der Waals surface area contributed by atoms with Crippen LogP contribution in [0.15, 0.2) is 42.6 Å². The van der Waals surface area contributed by atoms with E-state index >= 15 is 0 Å². The van der Waals surface area contributed by atoms with Crippen LogP contribution in [0.4, 0.5) is 0 Å². The molecule has 88 valence electrons. The Morgan fingerprint density at radius 2 is 2.00 bits per heavy atom. The van der Waals surface area contributed by atoms with Crippen molar-refractivity contribution in [3.63, 3.8) is 0 Å². The number of halogens is 1. The Hall–Kier alpha value is -1.78. The highest BCUT2D eigenvalue weighted by atomic mass is 35.5. The minimum atomic E-state index is -0.125. The van der Waals surface area contributed by atoms with Gasteiger partial charge in [0, 0.05) is 11.8 Å². The first-order chi connectivity index (χ1) is 8.74. The summed E-state index contributed by atoms with van der Waals surface area (Å²) in [6, 6.07) is 10.9. The van der Waals surface area contributed by atoms with Gasteiger partial charge in [0.2, 0.25) is 5.78 Å². The average Bonchev–Trinajstić information content (AvgIpc) is 2.82. The maximum Gasteiger partial charge on any atom is 0.223 e. The van der Waals surface area contributed by atoms with E-state index in [1.54, 1.807) is 12.1 Å². The van der Waals surface area contributed by atoms with Gasteiger partial charge in [-0.2, -0.15) is 0 Å². The molecule has 1 aromatic carbocycles. The molecule has 0 aliphatic rings. The minimum absolute atomic E-state index is 0.125. The topological polar surface area (TPSA) is 42.9 Å². The van der Waals surface area contributed by atoms with Crippen LogP contribution in [0.3, 0.4) is 0 Å². The number of hydrogen-bond acceptors (Lipinski definition) is 4. The molecule has 0 radical (unpaired) electrons. The average molecular weight is 275 g/mol. The smallest absolute Gasteiger partial charge is 0.223 e.